The molecule has 1 aromatic carbocycles. The SMILES string of the molecule is O=C1CCC(N2Cc3ccc(CNC45CCCCC4NCC5)cc3C2=O)C(=O)N1. The van der Waals surface area contributed by atoms with E-state index in [4.69, 9.17) is 0 Å². The van der Waals surface area contributed by atoms with Crippen LogP contribution in [0.3, 0.4) is 0 Å². The van der Waals surface area contributed by atoms with Crippen molar-refractivity contribution in [1.82, 2.24) is 20.9 Å². The van der Waals surface area contributed by atoms with Crippen molar-refractivity contribution in [2.24, 2.45) is 0 Å². The molecule has 0 aromatic heterocycles. The fourth-order valence-corrected chi connectivity index (χ4v) is 5.60. The van der Waals surface area contributed by atoms with Gasteiger partial charge in [-0.15, -0.1) is 0 Å². The summed E-state index contributed by atoms with van der Waals surface area (Å²) < 4.78 is 0. The lowest BCUT2D eigenvalue weighted by molar-refractivity contribution is -0.136. The highest BCUT2D eigenvalue weighted by atomic mass is 16.2. The Morgan fingerprint density at radius 3 is 2.90 bits per heavy atom. The minimum Gasteiger partial charge on any atom is -0.322 e. The molecule has 2 saturated heterocycles. The maximum Gasteiger partial charge on any atom is 0.255 e. The quantitative estimate of drug-likeness (QED) is 0.666. The molecule has 5 rings (SSSR count). The Balaban J connectivity index is 1.29. The molecule has 3 amide bonds. The van der Waals surface area contributed by atoms with E-state index in [1.807, 2.05) is 12.1 Å². The Hall–Kier alpha value is -2.25. The van der Waals surface area contributed by atoms with Gasteiger partial charge in [0.15, 0.2) is 0 Å². The molecule has 1 aliphatic carbocycles. The van der Waals surface area contributed by atoms with E-state index in [0.717, 1.165) is 30.6 Å². The van der Waals surface area contributed by atoms with Crippen LogP contribution in [-0.4, -0.2) is 46.8 Å². The number of carbonyl (C=O) groups excluding carboxylic acids is 3. The highest BCUT2D eigenvalue weighted by molar-refractivity contribution is 6.05. The van der Waals surface area contributed by atoms with Gasteiger partial charge in [0, 0.05) is 36.7 Å². The summed E-state index contributed by atoms with van der Waals surface area (Å²) in [7, 11) is 0. The molecule has 0 radical (unpaired) electrons. The average Bonchev–Trinajstić information content (AvgIpc) is 3.28. The monoisotopic (exact) mass is 396 g/mol. The molecule has 7 heteroatoms. The molecule has 0 spiro atoms. The van der Waals surface area contributed by atoms with Gasteiger partial charge in [-0.05, 0) is 49.4 Å². The number of carbonyl (C=O) groups is 3. The largest absolute Gasteiger partial charge is 0.322 e. The fraction of sp³-hybridized carbons (Fsp3) is 0.591. The van der Waals surface area contributed by atoms with Crippen molar-refractivity contribution < 1.29 is 14.4 Å². The number of nitrogens with zero attached hydrogens (tertiary/aromatic N) is 1. The van der Waals surface area contributed by atoms with Crippen LogP contribution < -0.4 is 16.0 Å². The van der Waals surface area contributed by atoms with Gasteiger partial charge in [-0.3, -0.25) is 19.7 Å². The molecule has 3 atom stereocenters. The third-order valence-corrected chi connectivity index (χ3v) is 7.23. The summed E-state index contributed by atoms with van der Waals surface area (Å²) in [4.78, 5) is 38.2. The zero-order chi connectivity index (χ0) is 20.0. The van der Waals surface area contributed by atoms with Gasteiger partial charge in [-0.2, -0.15) is 0 Å². The van der Waals surface area contributed by atoms with Gasteiger partial charge in [-0.25, -0.2) is 0 Å². The lowest BCUT2D eigenvalue weighted by Gasteiger charge is -2.40. The van der Waals surface area contributed by atoms with E-state index in [1.54, 1.807) is 4.90 Å². The van der Waals surface area contributed by atoms with E-state index in [2.05, 4.69) is 22.0 Å². The van der Waals surface area contributed by atoms with Crippen LogP contribution >= 0.6 is 0 Å². The van der Waals surface area contributed by atoms with Gasteiger partial charge in [0.05, 0.1) is 0 Å². The van der Waals surface area contributed by atoms with E-state index in [-0.39, 0.29) is 29.7 Å². The van der Waals surface area contributed by atoms with Crippen LogP contribution in [0.4, 0.5) is 0 Å². The van der Waals surface area contributed by atoms with Crippen molar-refractivity contribution in [2.45, 2.75) is 75.7 Å². The Kier molecular flexibility index (Phi) is 4.67. The summed E-state index contributed by atoms with van der Waals surface area (Å²) >= 11 is 0. The molecule has 0 bridgehead atoms. The van der Waals surface area contributed by atoms with Gasteiger partial charge in [-0.1, -0.05) is 25.0 Å². The first-order chi connectivity index (χ1) is 14.1. The Morgan fingerprint density at radius 1 is 1.14 bits per heavy atom. The summed E-state index contributed by atoms with van der Waals surface area (Å²) in [5.74, 6) is -0.723. The number of imide groups is 1. The molecular weight excluding hydrogens is 368 g/mol. The maximum atomic E-state index is 13.0. The molecule has 29 heavy (non-hydrogen) atoms. The van der Waals surface area contributed by atoms with Crippen LogP contribution in [0.2, 0.25) is 0 Å². The smallest absolute Gasteiger partial charge is 0.255 e. The first kappa shape index (κ1) is 18.8. The molecule has 3 N–H and O–H groups in total. The van der Waals surface area contributed by atoms with E-state index >= 15 is 0 Å². The van der Waals surface area contributed by atoms with Crippen molar-refractivity contribution in [1.29, 1.82) is 0 Å². The summed E-state index contributed by atoms with van der Waals surface area (Å²) in [6.45, 7) is 2.25. The summed E-state index contributed by atoms with van der Waals surface area (Å²) in [5.41, 5.74) is 2.93. The minimum atomic E-state index is -0.555. The van der Waals surface area contributed by atoms with Crippen molar-refractivity contribution in [3.63, 3.8) is 0 Å². The first-order valence-electron chi connectivity index (χ1n) is 10.8. The zero-order valence-corrected chi connectivity index (χ0v) is 16.6. The standard InChI is InChI=1S/C22H28N4O3/c27-19-7-6-17(20(28)25-19)26-13-15-5-4-14(11-16(15)21(26)29)12-24-22-8-2-1-3-18(22)23-10-9-22/h4-5,11,17-18,23-24H,1-3,6-10,12-13H2,(H,25,27,28). The van der Waals surface area contributed by atoms with Crippen LogP contribution in [-0.2, 0) is 22.7 Å². The maximum absolute atomic E-state index is 13.0. The number of amides is 3. The van der Waals surface area contributed by atoms with Gasteiger partial charge in [0.2, 0.25) is 11.8 Å². The van der Waals surface area contributed by atoms with Crippen molar-refractivity contribution in [3.8, 4) is 0 Å². The molecule has 4 aliphatic rings. The number of piperidine rings is 1. The van der Waals surface area contributed by atoms with Crippen molar-refractivity contribution in [3.05, 3.63) is 34.9 Å². The zero-order valence-electron chi connectivity index (χ0n) is 16.6. The summed E-state index contributed by atoms with van der Waals surface area (Å²) in [5, 5.41) is 9.82. The summed E-state index contributed by atoms with van der Waals surface area (Å²) in [6.07, 6.45) is 6.84. The van der Waals surface area contributed by atoms with Crippen molar-refractivity contribution in [2.75, 3.05) is 6.54 Å². The highest BCUT2D eigenvalue weighted by Gasteiger charge is 2.44. The lowest BCUT2D eigenvalue weighted by atomic mass is 9.78. The van der Waals surface area contributed by atoms with Crippen LogP contribution in [0.25, 0.3) is 0 Å². The Labute approximate surface area is 170 Å². The number of fused-ring (bicyclic) bond motifs is 2. The second kappa shape index (κ2) is 7.22. The third kappa shape index (κ3) is 3.26. The molecule has 3 unspecified atom stereocenters. The van der Waals surface area contributed by atoms with E-state index in [0.29, 0.717) is 24.6 Å². The van der Waals surface area contributed by atoms with Crippen LogP contribution in [0.5, 0.6) is 0 Å². The second-order valence-electron chi connectivity index (χ2n) is 8.90. The van der Waals surface area contributed by atoms with E-state index < -0.39 is 6.04 Å². The molecule has 7 nitrogen and oxygen atoms in total. The van der Waals surface area contributed by atoms with E-state index in [9.17, 15) is 14.4 Å². The number of nitrogens with one attached hydrogen (secondary N) is 3. The topological polar surface area (TPSA) is 90.5 Å². The second-order valence-corrected chi connectivity index (χ2v) is 8.90. The van der Waals surface area contributed by atoms with Crippen molar-refractivity contribution >= 4 is 17.7 Å². The molecule has 154 valence electrons. The Morgan fingerprint density at radius 2 is 2.03 bits per heavy atom. The minimum absolute atomic E-state index is 0.104. The van der Waals surface area contributed by atoms with Gasteiger partial charge < -0.3 is 15.5 Å². The van der Waals surface area contributed by atoms with Crippen LogP contribution in [0.1, 0.15) is 66.4 Å². The molecule has 3 aliphatic heterocycles. The molecule has 1 aromatic rings. The van der Waals surface area contributed by atoms with Crippen LogP contribution in [0, 0.1) is 0 Å². The predicted molar refractivity (Wildman–Crippen MR) is 107 cm³/mol. The summed E-state index contributed by atoms with van der Waals surface area (Å²) in [6, 6.07) is 6.08. The van der Waals surface area contributed by atoms with Gasteiger partial charge in [0.1, 0.15) is 6.04 Å². The lowest BCUT2D eigenvalue weighted by Crippen LogP contribution is -2.55. The van der Waals surface area contributed by atoms with E-state index in [1.165, 1.54) is 25.7 Å². The average molecular weight is 396 g/mol. The van der Waals surface area contributed by atoms with Gasteiger partial charge in [0.25, 0.3) is 5.91 Å². The number of benzene rings is 1. The third-order valence-electron chi connectivity index (χ3n) is 7.23. The molecule has 3 fully saturated rings. The molecular formula is C22H28N4O3. The number of hydrogen-bond acceptors (Lipinski definition) is 5. The first-order valence-corrected chi connectivity index (χ1v) is 10.8. The molecule has 3 heterocycles. The Bertz CT molecular complexity index is 870. The number of hydrogen-bond donors (Lipinski definition) is 3. The van der Waals surface area contributed by atoms with Crippen LogP contribution in [0.15, 0.2) is 18.2 Å². The van der Waals surface area contributed by atoms with Gasteiger partial charge >= 0.3 is 0 Å². The predicted octanol–water partition coefficient (Wildman–Crippen LogP) is 1.21. The highest BCUT2D eigenvalue weighted by Crippen LogP contribution is 2.35. The fourth-order valence-electron chi connectivity index (χ4n) is 5.60. The number of rotatable bonds is 4. The molecule has 1 saturated carbocycles. The normalized spacial score (nSPS) is 31.6.